The van der Waals surface area contributed by atoms with Gasteiger partial charge in [0.25, 0.3) is 0 Å². The van der Waals surface area contributed by atoms with E-state index in [2.05, 4.69) is 31.8 Å². The van der Waals surface area contributed by atoms with Crippen LogP contribution >= 0.6 is 28.1 Å². The Morgan fingerprint density at radius 3 is 3.00 bits per heavy atom. The first-order valence-corrected chi connectivity index (χ1v) is 7.81. The number of nitrogens with zero attached hydrogens (tertiary/aromatic N) is 1. The van der Waals surface area contributed by atoms with Crippen molar-refractivity contribution >= 4 is 39.0 Å². The maximum Gasteiger partial charge on any atom is 0.187 e. The van der Waals surface area contributed by atoms with Gasteiger partial charge in [-0.1, -0.05) is 34.1 Å². The van der Waals surface area contributed by atoms with Crippen molar-refractivity contribution in [2.45, 2.75) is 25.9 Å². The molecule has 2 rings (SSSR count). The van der Waals surface area contributed by atoms with Crippen molar-refractivity contribution in [3.05, 3.63) is 34.3 Å². The summed E-state index contributed by atoms with van der Waals surface area (Å²) in [6, 6.07) is 7.95. The van der Waals surface area contributed by atoms with Gasteiger partial charge in [-0.05, 0) is 38.0 Å². The molecule has 1 aromatic rings. The molecule has 108 valence electrons. The molecule has 4 nitrogen and oxygen atoms in total. The van der Waals surface area contributed by atoms with Gasteiger partial charge in [-0.15, -0.1) is 0 Å². The van der Waals surface area contributed by atoms with Crippen molar-refractivity contribution in [2.75, 3.05) is 13.2 Å². The number of benzene rings is 1. The molecule has 1 saturated heterocycles. The maximum absolute atomic E-state index is 5.52. The van der Waals surface area contributed by atoms with Gasteiger partial charge in [-0.3, -0.25) is 5.43 Å². The second kappa shape index (κ2) is 7.71. The first kappa shape index (κ1) is 15.4. The van der Waals surface area contributed by atoms with Crippen LogP contribution in [0.1, 0.15) is 25.3 Å². The van der Waals surface area contributed by atoms with Crippen LogP contribution < -0.4 is 10.7 Å². The summed E-state index contributed by atoms with van der Waals surface area (Å²) in [5, 5.41) is 7.94. The van der Waals surface area contributed by atoms with Gasteiger partial charge in [0, 0.05) is 23.2 Å². The average molecular weight is 356 g/mol. The molecule has 0 bridgehead atoms. The fourth-order valence-corrected chi connectivity index (χ4v) is 2.70. The minimum Gasteiger partial charge on any atom is -0.376 e. The zero-order valence-electron chi connectivity index (χ0n) is 11.4. The summed E-state index contributed by atoms with van der Waals surface area (Å²) in [7, 11) is 0. The molecule has 6 heteroatoms. The molecule has 1 aliphatic heterocycles. The van der Waals surface area contributed by atoms with E-state index in [0.717, 1.165) is 41.7 Å². The lowest BCUT2D eigenvalue weighted by atomic mass is 10.1. The van der Waals surface area contributed by atoms with E-state index in [9.17, 15) is 0 Å². The zero-order valence-corrected chi connectivity index (χ0v) is 13.8. The number of halogens is 1. The lowest BCUT2D eigenvalue weighted by molar-refractivity contribution is 0.114. The molecular weight excluding hydrogens is 338 g/mol. The van der Waals surface area contributed by atoms with Crippen molar-refractivity contribution in [1.29, 1.82) is 0 Å². The highest BCUT2D eigenvalue weighted by molar-refractivity contribution is 9.10. The Kier molecular flexibility index (Phi) is 5.94. The molecule has 0 aliphatic carbocycles. The summed E-state index contributed by atoms with van der Waals surface area (Å²) in [6.45, 7) is 3.52. The predicted octanol–water partition coefficient (Wildman–Crippen LogP) is 2.82. The van der Waals surface area contributed by atoms with Crippen LogP contribution in [-0.4, -0.2) is 30.1 Å². The van der Waals surface area contributed by atoms with Gasteiger partial charge in [0.05, 0.1) is 11.8 Å². The average Bonchev–Trinajstić information content (AvgIpc) is 2.96. The molecule has 1 atom stereocenters. The summed E-state index contributed by atoms with van der Waals surface area (Å²) >= 11 is 8.70. The quantitative estimate of drug-likeness (QED) is 0.495. The highest BCUT2D eigenvalue weighted by Gasteiger charge is 2.15. The SMILES string of the molecule is C/C(=N/NC(=S)NC[C@@H]1CCCO1)c1ccccc1Br. The highest BCUT2D eigenvalue weighted by atomic mass is 79.9. The second-order valence-electron chi connectivity index (χ2n) is 4.63. The molecule has 2 N–H and O–H groups in total. The summed E-state index contributed by atoms with van der Waals surface area (Å²) in [5.74, 6) is 0. The smallest absolute Gasteiger partial charge is 0.187 e. The number of hydrazone groups is 1. The summed E-state index contributed by atoms with van der Waals surface area (Å²) in [5.41, 5.74) is 4.78. The van der Waals surface area contributed by atoms with E-state index in [1.165, 1.54) is 0 Å². The normalized spacial score (nSPS) is 18.9. The van der Waals surface area contributed by atoms with Crippen LogP contribution in [0.3, 0.4) is 0 Å². The van der Waals surface area contributed by atoms with Crippen LogP contribution in [0, 0.1) is 0 Å². The number of thiocarbonyl (C=S) groups is 1. The van der Waals surface area contributed by atoms with Gasteiger partial charge in [0.15, 0.2) is 5.11 Å². The number of hydrogen-bond donors (Lipinski definition) is 2. The van der Waals surface area contributed by atoms with Crippen molar-refractivity contribution in [3.63, 3.8) is 0 Å². The minimum absolute atomic E-state index is 0.267. The molecule has 1 aliphatic rings. The Bertz CT molecular complexity index is 501. The summed E-state index contributed by atoms with van der Waals surface area (Å²) in [6.07, 6.45) is 2.49. The van der Waals surface area contributed by atoms with Crippen molar-refractivity contribution in [3.8, 4) is 0 Å². The second-order valence-corrected chi connectivity index (χ2v) is 5.90. The zero-order chi connectivity index (χ0) is 14.4. The molecule has 20 heavy (non-hydrogen) atoms. The lowest BCUT2D eigenvalue weighted by Crippen LogP contribution is -2.37. The monoisotopic (exact) mass is 355 g/mol. The van der Waals surface area contributed by atoms with Gasteiger partial charge in [0.2, 0.25) is 0 Å². The van der Waals surface area contributed by atoms with Crippen LogP contribution in [0.4, 0.5) is 0 Å². The molecule has 0 unspecified atom stereocenters. The Morgan fingerprint density at radius 1 is 1.50 bits per heavy atom. The summed E-state index contributed by atoms with van der Waals surface area (Å²) in [4.78, 5) is 0. The topological polar surface area (TPSA) is 45.7 Å². The van der Waals surface area contributed by atoms with Gasteiger partial charge < -0.3 is 10.1 Å². The van der Waals surface area contributed by atoms with Crippen LogP contribution in [-0.2, 0) is 4.74 Å². The maximum atomic E-state index is 5.52. The van der Waals surface area contributed by atoms with E-state index in [0.29, 0.717) is 5.11 Å². The molecule has 0 amide bonds. The van der Waals surface area contributed by atoms with Gasteiger partial charge in [0.1, 0.15) is 0 Å². The number of ether oxygens (including phenoxy) is 1. The third kappa shape index (κ3) is 4.54. The number of rotatable bonds is 4. The van der Waals surface area contributed by atoms with Gasteiger partial charge in [-0.25, -0.2) is 0 Å². The predicted molar refractivity (Wildman–Crippen MR) is 89.1 cm³/mol. The van der Waals surface area contributed by atoms with Crippen LogP contribution in [0.25, 0.3) is 0 Å². The molecule has 0 saturated carbocycles. The van der Waals surface area contributed by atoms with Crippen molar-refractivity contribution in [1.82, 2.24) is 10.7 Å². The standard InChI is InChI=1S/C14H18BrN3OS/c1-10(12-6-2-3-7-13(12)15)17-18-14(20)16-9-11-5-4-8-19-11/h2-3,6-7,11H,4-5,8-9H2,1H3,(H2,16,18,20)/b17-10-/t11-/m0/s1. The third-order valence-electron chi connectivity index (χ3n) is 3.10. The fraction of sp³-hybridized carbons (Fsp3) is 0.429. The Labute approximate surface area is 133 Å². The number of hydrogen-bond acceptors (Lipinski definition) is 3. The Hall–Kier alpha value is -0.980. The summed E-state index contributed by atoms with van der Waals surface area (Å²) < 4.78 is 6.54. The van der Waals surface area contributed by atoms with Gasteiger partial charge in [-0.2, -0.15) is 5.10 Å². The first-order valence-electron chi connectivity index (χ1n) is 6.61. The molecule has 1 heterocycles. The first-order chi connectivity index (χ1) is 9.66. The van der Waals surface area contributed by atoms with E-state index >= 15 is 0 Å². The van der Waals surface area contributed by atoms with Crippen LogP contribution in [0.5, 0.6) is 0 Å². The van der Waals surface area contributed by atoms with Gasteiger partial charge >= 0.3 is 0 Å². The van der Waals surface area contributed by atoms with E-state index in [1.54, 1.807) is 0 Å². The largest absolute Gasteiger partial charge is 0.376 e. The van der Waals surface area contributed by atoms with Crippen molar-refractivity contribution < 1.29 is 4.74 Å². The van der Waals surface area contributed by atoms with Crippen molar-refractivity contribution in [2.24, 2.45) is 5.10 Å². The molecule has 0 aromatic heterocycles. The van der Waals surface area contributed by atoms with E-state index < -0.39 is 0 Å². The highest BCUT2D eigenvalue weighted by Crippen LogP contribution is 2.16. The Balaban J connectivity index is 1.82. The van der Waals surface area contributed by atoms with E-state index in [4.69, 9.17) is 17.0 Å². The molecule has 0 radical (unpaired) electrons. The van der Waals surface area contributed by atoms with Crippen LogP contribution in [0.2, 0.25) is 0 Å². The third-order valence-corrected chi connectivity index (χ3v) is 4.03. The molecule has 1 fully saturated rings. The molecular formula is C14H18BrN3OS. The molecule has 1 aromatic carbocycles. The van der Waals surface area contributed by atoms with Crippen LogP contribution in [0.15, 0.2) is 33.8 Å². The minimum atomic E-state index is 0.267. The molecule has 0 spiro atoms. The number of nitrogens with one attached hydrogen (secondary N) is 2. The fourth-order valence-electron chi connectivity index (χ4n) is 2.00. The Morgan fingerprint density at radius 2 is 2.30 bits per heavy atom. The van der Waals surface area contributed by atoms with E-state index in [-0.39, 0.29) is 6.10 Å². The van der Waals surface area contributed by atoms with E-state index in [1.807, 2.05) is 31.2 Å². The lowest BCUT2D eigenvalue weighted by Gasteiger charge is -2.12.